The van der Waals surface area contributed by atoms with E-state index in [2.05, 4.69) is 40.6 Å². The van der Waals surface area contributed by atoms with Crippen LogP contribution < -0.4 is 5.56 Å². The fourth-order valence-corrected chi connectivity index (χ4v) is 5.75. The highest BCUT2D eigenvalue weighted by Gasteiger charge is 2.37. The minimum Gasteiger partial charge on any atom is -0.274 e. The van der Waals surface area contributed by atoms with E-state index < -0.39 is 0 Å². The quantitative estimate of drug-likeness (QED) is 0.415. The van der Waals surface area contributed by atoms with Crippen LogP contribution in [0.5, 0.6) is 0 Å². The van der Waals surface area contributed by atoms with Gasteiger partial charge in [-0.3, -0.25) is 9.69 Å². The van der Waals surface area contributed by atoms with Gasteiger partial charge in [-0.1, -0.05) is 48.5 Å². The first-order valence-electron chi connectivity index (χ1n) is 11.2. The number of aromatic nitrogens is 2. The number of aryl methyl sites for hydroxylation is 1. The number of hydrogen-bond acceptors (Lipinski definition) is 4. The summed E-state index contributed by atoms with van der Waals surface area (Å²) in [4.78, 5) is 17.1. The van der Waals surface area contributed by atoms with Crippen LogP contribution in [0.3, 0.4) is 0 Å². The number of rotatable bonds is 5. The van der Waals surface area contributed by atoms with E-state index in [4.69, 9.17) is 5.10 Å². The highest BCUT2D eigenvalue weighted by Crippen LogP contribution is 2.41. The molecule has 2 aliphatic carbocycles. The fraction of sp³-hybridized carbons (Fsp3) is 0.308. The molecule has 0 aliphatic heterocycles. The van der Waals surface area contributed by atoms with Crippen molar-refractivity contribution in [2.45, 2.75) is 50.9 Å². The molecule has 0 radical (unpaired) electrons. The van der Waals surface area contributed by atoms with Gasteiger partial charge in [0.05, 0.1) is 16.9 Å². The molecule has 0 bridgehead atoms. The van der Waals surface area contributed by atoms with Gasteiger partial charge in [-0.25, -0.2) is 4.68 Å². The summed E-state index contributed by atoms with van der Waals surface area (Å²) in [5.74, 6) is 0. The van der Waals surface area contributed by atoms with E-state index in [0.717, 1.165) is 34.2 Å². The van der Waals surface area contributed by atoms with Crippen LogP contribution in [0.4, 0.5) is 0 Å². The average Bonchev–Trinajstić information content (AvgIpc) is 3.52. The van der Waals surface area contributed by atoms with Gasteiger partial charge < -0.3 is 0 Å². The molecule has 2 aromatic heterocycles. The first-order valence-corrected chi connectivity index (χ1v) is 12.0. The molecule has 1 saturated carbocycles. The maximum absolute atomic E-state index is 13.4. The second-order valence-corrected chi connectivity index (χ2v) is 9.62. The normalized spacial score (nSPS) is 18.4. The molecule has 1 fully saturated rings. The van der Waals surface area contributed by atoms with Crippen LogP contribution in [0.15, 0.2) is 70.8 Å². The fourth-order valence-electron chi connectivity index (χ4n) is 5.03. The smallest absolute Gasteiger partial charge is 0.274 e. The number of thiophene rings is 1. The molecule has 0 spiro atoms. The van der Waals surface area contributed by atoms with Gasteiger partial charge in [-0.15, -0.1) is 11.3 Å². The third-order valence-corrected chi connectivity index (χ3v) is 7.55. The third kappa shape index (κ3) is 3.42. The monoisotopic (exact) mass is 427 g/mol. The number of fused-ring (bicyclic) bond motifs is 2. The highest BCUT2D eigenvalue weighted by molar-refractivity contribution is 7.13. The molecule has 0 saturated heterocycles. The Hall–Kier alpha value is -2.76. The van der Waals surface area contributed by atoms with E-state index in [1.807, 2.05) is 30.3 Å². The summed E-state index contributed by atoms with van der Waals surface area (Å²) >= 11 is 1.67. The van der Waals surface area contributed by atoms with E-state index in [9.17, 15) is 4.79 Å². The summed E-state index contributed by atoms with van der Waals surface area (Å²) < 4.78 is 1.72. The predicted molar refractivity (Wildman–Crippen MR) is 126 cm³/mol. The Labute approximate surface area is 185 Å². The predicted octanol–water partition coefficient (Wildman–Crippen LogP) is 5.62. The molecule has 1 atom stereocenters. The number of benzene rings is 2. The Morgan fingerprint density at radius 3 is 2.58 bits per heavy atom. The lowest BCUT2D eigenvalue weighted by Gasteiger charge is -2.36. The number of hydrogen-bond donors (Lipinski definition) is 0. The molecule has 31 heavy (non-hydrogen) atoms. The summed E-state index contributed by atoms with van der Waals surface area (Å²) in [7, 11) is 0. The van der Waals surface area contributed by atoms with Crippen molar-refractivity contribution in [2.75, 3.05) is 0 Å². The maximum atomic E-state index is 13.4. The molecule has 0 N–H and O–H groups in total. The van der Waals surface area contributed by atoms with E-state index >= 15 is 0 Å². The first kappa shape index (κ1) is 19.0. The molecular formula is C26H25N3OS. The third-order valence-electron chi connectivity index (χ3n) is 6.67. The zero-order valence-electron chi connectivity index (χ0n) is 17.4. The molecule has 6 rings (SSSR count). The zero-order chi connectivity index (χ0) is 20.8. The SMILES string of the molecule is O=c1c2ccccc2c(-c2cccs2)nn1CN(C1CC1)C1CCCc2ccccc21. The number of nitrogens with zero attached hydrogens (tertiary/aromatic N) is 3. The van der Waals surface area contributed by atoms with Crippen molar-refractivity contribution in [2.24, 2.45) is 0 Å². The largest absolute Gasteiger partial charge is 0.275 e. The van der Waals surface area contributed by atoms with Crippen molar-refractivity contribution >= 4 is 22.1 Å². The lowest BCUT2D eigenvalue weighted by atomic mass is 9.87. The zero-order valence-corrected chi connectivity index (χ0v) is 18.2. The van der Waals surface area contributed by atoms with Crippen LogP contribution in [0.2, 0.25) is 0 Å². The van der Waals surface area contributed by atoms with Gasteiger partial charge in [0.1, 0.15) is 5.69 Å². The summed E-state index contributed by atoms with van der Waals surface area (Å²) in [5.41, 5.74) is 3.81. The van der Waals surface area contributed by atoms with Crippen molar-refractivity contribution in [3.8, 4) is 10.6 Å². The van der Waals surface area contributed by atoms with Crippen LogP contribution in [-0.2, 0) is 13.1 Å². The Balaban J connectivity index is 1.45. The van der Waals surface area contributed by atoms with Crippen molar-refractivity contribution in [1.29, 1.82) is 0 Å². The minimum absolute atomic E-state index is 0.00523. The van der Waals surface area contributed by atoms with E-state index in [0.29, 0.717) is 18.8 Å². The Morgan fingerprint density at radius 1 is 0.968 bits per heavy atom. The van der Waals surface area contributed by atoms with Crippen molar-refractivity contribution < 1.29 is 0 Å². The van der Waals surface area contributed by atoms with Crippen molar-refractivity contribution in [3.63, 3.8) is 0 Å². The summed E-state index contributed by atoms with van der Waals surface area (Å²) in [6.07, 6.45) is 5.92. The second-order valence-electron chi connectivity index (χ2n) is 8.67. The maximum Gasteiger partial charge on any atom is 0.275 e. The van der Waals surface area contributed by atoms with Crippen molar-refractivity contribution in [3.05, 3.63) is 87.5 Å². The van der Waals surface area contributed by atoms with Gasteiger partial charge in [0.25, 0.3) is 5.56 Å². The topological polar surface area (TPSA) is 38.1 Å². The van der Waals surface area contributed by atoms with Crippen LogP contribution in [0.25, 0.3) is 21.3 Å². The first-order chi connectivity index (χ1) is 15.3. The molecule has 0 amide bonds. The Bertz CT molecular complexity index is 1290. The van der Waals surface area contributed by atoms with Crippen LogP contribution in [0, 0.1) is 0 Å². The lowest BCUT2D eigenvalue weighted by molar-refractivity contribution is 0.117. The minimum atomic E-state index is 0.00523. The molecule has 2 heterocycles. The summed E-state index contributed by atoms with van der Waals surface area (Å²) in [6.45, 7) is 0.547. The summed E-state index contributed by atoms with van der Waals surface area (Å²) in [5, 5.41) is 8.67. The van der Waals surface area contributed by atoms with Gasteiger partial charge >= 0.3 is 0 Å². The van der Waals surface area contributed by atoms with E-state index in [1.54, 1.807) is 16.0 Å². The molecule has 156 valence electrons. The lowest BCUT2D eigenvalue weighted by Crippen LogP contribution is -2.39. The van der Waals surface area contributed by atoms with Gasteiger partial charge in [0.2, 0.25) is 0 Å². The molecule has 4 aromatic rings. The highest BCUT2D eigenvalue weighted by atomic mass is 32.1. The van der Waals surface area contributed by atoms with E-state index in [-0.39, 0.29) is 5.56 Å². The van der Waals surface area contributed by atoms with Gasteiger partial charge in [0.15, 0.2) is 0 Å². The molecule has 2 aliphatic rings. The van der Waals surface area contributed by atoms with Crippen LogP contribution in [0.1, 0.15) is 42.9 Å². The second kappa shape index (κ2) is 7.74. The van der Waals surface area contributed by atoms with Crippen molar-refractivity contribution in [1.82, 2.24) is 14.7 Å². The molecule has 1 unspecified atom stereocenters. The molecule has 5 heteroatoms. The molecular weight excluding hydrogens is 402 g/mol. The molecule has 4 nitrogen and oxygen atoms in total. The molecule has 2 aromatic carbocycles. The standard InChI is InChI=1S/C26H25N3OS/c30-26-22-11-4-3-10-21(22)25(24-13-6-16-31-24)27-29(26)17-28(19-14-15-19)23-12-5-8-18-7-1-2-9-20(18)23/h1-4,6-7,9-11,13,16,19,23H,5,8,12,14-15,17H2. The van der Waals surface area contributed by atoms with Gasteiger partial charge in [-0.05, 0) is 60.7 Å². The summed E-state index contributed by atoms with van der Waals surface area (Å²) in [6, 6.07) is 21.8. The Morgan fingerprint density at radius 2 is 1.77 bits per heavy atom. The van der Waals surface area contributed by atoms with Gasteiger partial charge in [0, 0.05) is 17.5 Å². The van der Waals surface area contributed by atoms with Crippen LogP contribution in [-0.4, -0.2) is 20.7 Å². The van der Waals surface area contributed by atoms with E-state index in [1.165, 1.54) is 30.4 Å². The van der Waals surface area contributed by atoms with Crippen LogP contribution >= 0.6 is 11.3 Å². The average molecular weight is 428 g/mol. The Kier molecular flexibility index (Phi) is 4.73. The van der Waals surface area contributed by atoms with Gasteiger partial charge in [-0.2, -0.15) is 5.10 Å².